The molecule has 2 saturated carbocycles. The second-order valence-electron chi connectivity index (χ2n) is 6.43. The first-order valence-corrected chi connectivity index (χ1v) is 7.18. The molecule has 2 N–H and O–H groups in total. The second kappa shape index (κ2) is 4.27. The van der Waals surface area contributed by atoms with Gasteiger partial charge in [0.15, 0.2) is 0 Å². The smallest absolute Gasteiger partial charge is 0.223 e. The highest BCUT2D eigenvalue weighted by Crippen LogP contribution is 2.50. The number of hydrogen-bond acceptors (Lipinski definition) is 2. The first-order chi connectivity index (χ1) is 8.19. The standard InChI is InChI=1S/C14H24N2O/c1-9(13-5-10-2-3-12(13)4-10)16-8-11(7-15)6-14(16)17/h9-13H,2-8,15H2,1H3. The highest BCUT2D eigenvalue weighted by molar-refractivity contribution is 5.79. The van der Waals surface area contributed by atoms with Crippen LogP contribution in [0.15, 0.2) is 0 Å². The fourth-order valence-electron chi connectivity index (χ4n) is 4.48. The maximum absolute atomic E-state index is 12.0. The molecule has 96 valence electrons. The minimum atomic E-state index is 0.343. The van der Waals surface area contributed by atoms with E-state index in [-0.39, 0.29) is 0 Å². The van der Waals surface area contributed by atoms with Crippen LogP contribution in [0.25, 0.3) is 0 Å². The van der Waals surface area contributed by atoms with Crippen LogP contribution < -0.4 is 5.73 Å². The molecule has 2 bridgehead atoms. The zero-order chi connectivity index (χ0) is 12.0. The molecule has 0 aromatic carbocycles. The van der Waals surface area contributed by atoms with Gasteiger partial charge in [0, 0.05) is 19.0 Å². The summed E-state index contributed by atoms with van der Waals surface area (Å²) in [5, 5.41) is 0. The van der Waals surface area contributed by atoms with Gasteiger partial charge in [0.05, 0.1) is 0 Å². The van der Waals surface area contributed by atoms with Crippen LogP contribution in [0.1, 0.15) is 39.0 Å². The Labute approximate surface area is 104 Å². The van der Waals surface area contributed by atoms with Gasteiger partial charge in [0.1, 0.15) is 0 Å². The molecule has 5 atom stereocenters. The Morgan fingerprint density at radius 3 is 2.76 bits per heavy atom. The molecule has 0 spiro atoms. The van der Waals surface area contributed by atoms with E-state index in [2.05, 4.69) is 11.8 Å². The molecule has 1 aliphatic heterocycles. The molecule has 3 nitrogen and oxygen atoms in total. The van der Waals surface area contributed by atoms with Crippen molar-refractivity contribution in [3.05, 3.63) is 0 Å². The third-order valence-corrected chi connectivity index (χ3v) is 5.48. The van der Waals surface area contributed by atoms with E-state index in [1.807, 2.05) is 0 Å². The van der Waals surface area contributed by atoms with Crippen LogP contribution in [0.4, 0.5) is 0 Å². The number of likely N-dealkylation sites (tertiary alicyclic amines) is 1. The summed E-state index contributed by atoms with van der Waals surface area (Å²) in [6.45, 7) is 3.83. The average Bonchev–Trinajstić information content (AvgIpc) is 3.01. The summed E-state index contributed by atoms with van der Waals surface area (Å²) in [5.74, 6) is 3.39. The minimum absolute atomic E-state index is 0.343. The molecule has 0 radical (unpaired) electrons. The van der Waals surface area contributed by atoms with Crippen LogP contribution in [-0.2, 0) is 4.79 Å². The Morgan fingerprint density at radius 1 is 1.41 bits per heavy atom. The number of nitrogens with zero attached hydrogens (tertiary/aromatic N) is 1. The van der Waals surface area contributed by atoms with Crippen LogP contribution in [0, 0.1) is 23.7 Å². The third kappa shape index (κ3) is 1.88. The van der Waals surface area contributed by atoms with Crippen molar-refractivity contribution < 1.29 is 4.79 Å². The summed E-state index contributed by atoms with van der Waals surface area (Å²) in [7, 11) is 0. The van der Waals surface area contributed by atoms with Crippen molar-refractivity contribution in [2.24, 2.45) is 29.4 Å². The molecule has 0 aromatic rings. The van der Waals surface area contributed by atoms with E-state index in [1.54, 1.807) is 0 Å². The van der Waals surface area contributed by atoms with Gasteiger partial charge in [-0.15, -0.1) is 0 Å². The summed E-state index contributed by atoms with van der Waals surface area (Å²) in [5.41, 5.74) is 5.69. The molecule has 2 aliphatic carbocycles. The molecule has 3 rings (SSSR count). The van der Waals surface area contributed by atoms with Crippen molar-refractivity contribution in [1.29, 1.82) is 0 Å². The summed E-state index contributed by atoms with van der Waals surface area (Å²) in [6.07, 6.45) is 6.32. The maximum atomic E-state index is 12.0. The summed E-state index contributed by atoms with van der Waals surface area (Å²) >= 11 is 0. The highest BCUT2D eigenvalue weighted by atomic mass is 16.2. The van der Waals surface area contributed by atoms with Crippen molar-refractivity contribution in [1.82, 2.24) is 4.90 Å². The monoisotopic (exact) mass is 236 g/mol. The summed E-state index contributed by atoms with van der Waals surface area (Å²) < 4.78 is 0. The van der Waals surface area contributed by atoms with Gasteiger partial charge in [-0.25, -0.2) is 0 Å². The highest BCUT2D eigenvalue weighted by Gasteiger charge is 2.45. The molecule has 3 aliphatic rings. The Balaban J connectivity index is 1.66. The van der Waals surface area contributed by atoms with Crippen molar-refractivity contribution in [3.63, 3.8) is 0 Å². The van der Waals surface area contributed by atoms with Crippen LogP contribution >= 0.6 is 0 Å². The first-order valence-electron chi connectivity index (χ1n) is 7.18. The zero-order valence-electron chi connectivity index (χ0n) is 10.8. The van der Waals surface area contributed by atoms with Gasteiger partial charge in [0.2, 0.25) is 5.91 Å². The molecular formula is C14H24N2O. The molecule has 1 heterocycles. The van der Waals surface area contributed by atoms with Gasteiger partial charge in [-0.2, -0.15) is 0 Å². The lowest BCUT2D eigenvalue weighted by Crippen LogP contribution is -2.41. The van der Waals surface area contributed by atoms with Gasteiger partial charge in [-0.1, -0.05) is 6.42 Å². The predicted octanol–water partition coefficient (Wildman–Crippen LogP) is 1.62. The fourth-order valence-corrected chi connectivity index (χ4v) is 4.48. The summed E-state index contributed by atoms with van der Waals surface area (Å²) in [6, 6.07) is 0.453. The Hall–Kier alpha value is -0.570. The minimum Gasteiger partial charge on any atom is -0.339 e. The van der Waals surface area contributed by atoms with E-state index >= 15 is 0 Å². The molecule has 1 amide bonds. The number of fused-ring (bicyclic) bond motifs is 2. The number of rotatable bonds is 3. The lowest BCUT2D eigenvalue weighted by molar-refractivity contribution is -0.130. The van der Waals surface area contributed by atoms with Crippen LogP contribution in [-0.4, -0.2) is 29.9 Å². The quantitative estimate of drug-likeness (QED) is 0.809. The number of amides is 1. The SMILES string of the molecule is CC(C1CC2CCC1C2)N1CC(CN)CC1=O. The predicted molar refractivity (Wildman–Crippen MR) is 67.3 cm³/mol. The molecule has 5 unspecified atom stereocenters. The zero-order valence-corrected chi connectivity index (χ0v) is 10.8. The lowest BCUT2D eigenvalue weighted by Gasteiger charge is -2.34. The van der Waals surface area contributed by atoms with Crippen molar-refractivity contribution in [3.8, 4) is 0 Å². The average molecular weight is 236 g/mol. The van der Waals surface area contributed by atoms with E-state index in [0.29, 0.717) is 30.8 Å². The van der Waals surface area contributed by atoms with Crippen molar-refractivity contribution in [2.45, 2.75) is 45.1 Å². The maximum Gasteiger partial charge on any atom is 0.223 e. The topological polar surface area (TPSA) is 46.3 Å². The Bertz CT molecular complexity index is 317. The Morgan fingerprint density at radius 2 is 2.24 bits per heavy atom. The van der Waals surface area contributed by atoms with Crippen LogP contribution in [0.5, 0.6) is 0 Å². The largest absolute Gasteiger partial charge is 0.339 e. The van der Waals surface area contributed by atoms with E-state index < -0.39 is 0 Å². The van der Waals surface area contributed by atoms with Crippen molar-refractivity contribution >= 4 is 5.91 Å². The second-order valence-corrected chi connectivity index (χ2v) is 6.43. The number of carbonyl (C=O) groups excluding carboxylic acids is 1. The van der Waals surface area contributed by atoms with E-state index in [1.165, 1.54) is 25.7 Å². The van der Waals surface area contributed by atoms with E-state index in [4.69, 9.17) is 5.73 Å². The molecule has 0 aromatic heterocycles. The third-order valence-electron chi connectivity index (χ3n) is 5.48. The summed E-state index contributed by atoms with van der Waals surface area (Å²) in [4.78, 5) is 14.1. The van der Waals surface area contributed by atoms with E-state index in [0.717, 1.165) is 24.3 Å². The molecule has 3 heteroatoms. The molecule has 17 heavy (non-hydrogen) atoms. The van der Waals surface area contributed by atoms with Gasteiger partial charge >= 0.3 is 0 Å². The Kier molecular flexibility index (Phi) is 2.89. The molecular weight excluding hydrogens is 212 g/mol. The number of hydrogen-bond donors (Lipinski definition) is 1. The van der Waals surface area contributed by atoms with Crippen LogP contribution in [0.2, 0.25) is 0 Å². The molecule has 3 fully saturated rings. The van der Waals surface area contributed by atoms with Gasteiger partial charge < -0.3 is 10.6 Å². The normalized spacial score (nSPS) is 42.5. The lowest BCUT2D eigenvalue weighted by atomic mass is 9.83. The van der Waals surface area contributed by atoms with Gasteiger partial charge in [0.25, 0.3) is 0 Å². The van der Waals surface area contributed by atoms with Gasteiger partial charge in [-0.3, -0.25) is 4.79 Å². The molecule has 1 saturated heterocycles. The number of nitrogens with two attached hydrogens (primary N) is 1. The fraction of sp³-hybridized carbons (Fsp3) is 0.929. The first kappa shape index (κ1) is 11.5. The number of carbonyl (C=O) groups is 1. The van der Waals surface area contributed by atoms with E-state index in [9.17, 15) is 4.79 Å². The van der Waals surface area contributed by atoms with Gasteiger partial charge in [-0.05, 0) is 56.4 Å². The van der Waals surface area contributed by atoms with Crippen molar-refractivity contribution in [2.75, 3.05) is 13.1 Å². The van der Waals surface area contributed by atoms with Crippen LogP contribution in [0.3, 0.4) is 0 Å².